The summed E-state index contributed by atoms with van der Waals surface area (Å²) in [6, 6.07) is 4.47. The Labute approximate surface area is 217 Å². The molecule has 8 nitrogen and oxygen atoms in total. The topological polar surface area (TPSA) is 77.6 Å². The van der Waals surface area contributed by atoms with Crippen molar-refractivity contribution in [3.8, 4) is 11.3 Å². The van der Waals surface area contributed by atoms with Gasteiger partial charge in [-0.15, -0.1) is 0 Å². The third kappa shape index (κ3) is 4.64. The molecule has 0 saturated carbocycles. The molecule has 1 aliphatic rings. The third-order valence-corrected chi connectivity index (χ3v) is 12.1. The molecule has 0 radical (unpaired) electrons. The number of nitrogens with zero attached hydrogens (tertiary/aromatic N) is 6. The summed E-state index contributed by atoms with van der Waals surface area (Å²) in [5, 5.41) is 4.54. The Bertz CT molecular complexity index is 1530. The molecule has 0 bridgehead atoms. The Kier molecular flexibility index (Phi) is 6.59. The predicted molar refractivity (Wildman–Crippen MR) is 141 cm³/mol. The average Bonchev–Trinajstić information content (AvgIpc) is 3.26. The second-order valence-electron chi connectivity index (χ2n) is 10.2. The van der Waals surface area contributed by atoms with E-state index >= 15 is 4.39 Å². The molecular formula is C25H28ClFN6O2Sn. The number of halogens is 2. The van der Waals surface area contributed by atoms with Gasteiger partial charge in [0.15, 0.2) is 0 Å². The van der Waals surface area contributed by atoms with Crippen molar-refractivity contribution in [3.63, 3.8) is 0 Å². The van der Waals surface area contributed by atoms with Gasteiger partial charge < -0.3 is 0 Å². The molecule has 0 amide bonds. The van der Waals surface area contributed by atoms with E-state index in [2.05, 4.69) is 24.8 Å². The molecule has 188 valence electrons. The maximum absolute atomic E-state index is 15.2. The van der Waals surface area contributed by atoms with E-state index in [9.17, 15) is 4.79 Å². The third-order valence-electron chi connectivity index (χ3n) is 6.41. The molecular weight excluding hydrogens is 589 g/mol. The van der Waals surface area contributed by atoms with Gasteiger partial charge in [0.1, 0.15) is 0 Å². The molecule has 1 fully saturated rings. The van der Waals surface area contributed by atoms with E-state index < -0.39 is 24.2 Å². The first-order valence-corrected chi connectivity index (χ1v) is 22.1. The Morgan fingerprint density at radius 2 is 1.97 bits per heavy atom. The minimum atomic E-state index is -2.78. The van der Waals surface area contributed by atoms with E-state index in [1.807, 2.05) is 20.2 Å². The first kappa shape index (κ1) is 25.2. The number of aryl methyl sites for hydroxylation is 1. The molecule has 0 aliphatic carbocycles. The summed E-state index contributed by atoms with van der Waals surface area (Å²) in [6.07, 6.45) is 5.22. The van der Waals surface area contributed by atoms with Crippen molar-refractivity contribution in [3.05, 3.63) is 69.1 Å². The van der Waals surface area contributed by atoms with Crippen LogP contribution in [0.4, 0.5) is 10.2 Å². The van der Waals surface area contributed by atoms with Crippen molar-refractivity contribution in [1.29, 1.82) is 0 Å². The fraction of sp³-hybridized carbons (Fsp3) is 0.360. The molecule has 5 rings (SSSR count). The number of hydrogen-bond acceptors (Lipinski definition) is 6. The van der Waals surface area contributed by atoms with Crippen LogP contribution in [-0.2, 0) is 11.8 Å². The summed E-state index contributed by atoms with van der Waals surface area (Å²) < 4.78 is 25.3. The molecule has 0 N–H and O–H groups in total. The number of benzene rings is 1. The van der Waals surface area contributed by atoms with Crippen LogP contribution in [0, 0.1) is 12.7 Å². The SMILES string of the molecule is Cc1[c]([Sn]([CH3])([CH3])[CH3])nc2c(-c3ccc(Cl)cc3F)nc(N3CCO[C@@H](c4cnn(C)c4)C3)cn2c1=O. The van der Waals surface area contributed by atoms with E-state index in [4.69, 9.17) is 26.3 Å². The Hall–Kier alpha value is -2.50. The van der Waals surface area contributed by atoms with Gasteiger partial charge in [0.2, 0.25) is 0 Å². The number of anilines is 1. The van der Waals surface area contributed by atoms with Gasteiger partial charge in [-0.2, -0.15) is 0 Å². The van der Waals surface area contributed by atoms with Crippen LogP contribution in [0.25, 0.3) is 16.9 Å². The van der Waals surface area contributed by atoms with Crippen molar-refractivity contribution in [2.75, 3.05) is 24.6 Å². The van der Waals surface area contributed by atoms with Crippen LogP contribution in [0.1, 0.15) is 17.2 Å². The molecule has 11 heteroatoms. The van der Waals surface area contributed by atoms with Crippen molar-refractivity contribution in [1.82, 2.24) is 24.1 Å². The van der Waals surface area contributed by atoms with Crippen molar-refractivity contribution in [2.24, 2.45) is 7.05 Å². The standard InChI is InChI=1S/C22H19ClFN6O2.3CH3.Sn/c1-13-8-25-21-20(16-4-3-15(23)7-17(16)24)27-19(12-30(21)22(13)31)29-5-6-32-18(11-29)14-9-26-28(2)10-14;;;;/h3-4,7,9-10,12,18H,5-6,11H2,1-2H3;3*1H3;/t18-;;;;/m1..../s1. The van der Waals surface area contributed by atoms with Gasteiger partial charge in [-0.3, -0.25) is 0 Å². The summed E-state index contributed by atoms with van der Waals surface area (Å²) in [7, 11) is 1.86. The summed E-state index contributed by atoms with van der Waals surface area (Å²) >= 11 is 3.25. The molecule has 0 unspecified atom stereocenters. The molecule has 1 aromatic carbocycles. The van der Waals surface area contributed by atoms with E-state index in [1.54, 1.807) is 29.2 Å². The fourth-order valence-electron chi connectivity index (χ4n) is 4.63. The van der Waals surface area contributed by atoms with Gasteiger partial charge >= 0.3 is 211 Å². The van der Waals surface area contributed by atoms with E-state index in [1.165, 1.54) is 10.5 Å². The van der Waals surface area contributed by atoms with Crippen LogP contribution in [-0.4, -0.2) is 62.2 Å². The van der Waals surface area contributed by atoms with Gasteiger partial charge in [0.05, 0.1) is 0 Å². The van der Waals surface area contributed by atoms with Crippen LogP contribution in [0.2, 0.25) is 19.8 Å². The summed E-state index contributed by atoms with van der Waals surface area (Å²) in [4.78, 5) is 32.1. The molecule has 3 aromatic heterocycles. The molecule has 4 heterocycles. The molecule has 1 aliphatic heterocycles. The van der Waals surface area contributed by atoms with Crippen LogP contribution in [0.3, 0.4) is 0 Å². The summed E-state index contributed by atoms with van der Waals surface area (Å²) in [5.41, 5.74) is 2.38. The molecule has 1 atom stereocenters. The minimum absolute atomic E-state index is 0.155. The van der Waals surface area contributed by atoms with Gasteiger partial charge in [0.25, 0.3) is 0 Å². The average molecular weight is 618 g/mol. The molecule has 0 spiro atoms. The van der Waals surface area contributed by atoms with Crippen LogP contribution < -0.4 is 14.2 Å². The Morgan fingerprint density at radius 3 is 2.64 bits per heavy atom. The fourth-order valence-corrected chi connectivity index (χ4v) is 9.56. The van der Waals surface area contributed by atoms with Gasteiger partial charge in [-0.1, -0.05) is 0 Å². The Balaban J connectivity index is 1.71. The number of morpholine rings is 1. The molecule has 4 aromatic rings. The molecule has 1 saturated heterocycles. The van der Waals surface area contributed by atoms with Gasteiger partial charge in [-0.25, -0.2) is 0 Å². The first-order valence-electron chi connectivity index (χ1n) is 11.8. The number of aromatic nitrogens is 5. The van der Waals surface area contributed by atoms with Crippen molar-refractivity contribution >= 4 is 45.2 Å². The van der Waals surface area contributed by atoms with E-state index in [-0.39, 0.29) is 22.2 Å². The second kappa shape index (κ2) is 9.42. The summed E-state index contributed by atoms with van der Waals surface area (Å²) in [5.74, 6) is 0.0410. The Morgan fingerprint density at radius 1 is 1.19 bits per heavy atom. The van der Waals surface area contributed by atoms with Crippen LogP contribution >= 0.6 is 11.6 Å². The second-order valence-corrected chi connectivity index (χ2v) is 24.8. The zero-order valence-electron chi connectivity index (χ0n) is 20.9. The van der Waals surface area contributed by atoms with Crippen LogP contribution in [0.5, 0.6) is 0 Å². The number of ether oxygens (including phenoxy) is 1. The van der Waals surface area contributed by atoms with Crippen LogP contribution in [0.15, 0.2) is 41.6 Å². The number of fused-ring (bicyclic) bond motifs is 1. The summed E-state index contributed by atoms with van der Waals surface area (Å²) in [6.45, 7) is 3.41. The zero-order chi connectivity index (χ0) is 25.8. The first-order chi connectivity index (χ1) is 17.0. The number of rotatable bonds is 4. The monoisotopic (exact) mass is 618 g/mol. The van der Waals surface area contributed by atoms with E-state index in [0.717, 1.165) is 9.27 Å². The normalized spacial score (nSPS) is 16.6. The zero-order valence-corrected chi connectivity index (χ0v) is 24.5. The number of hydrogen-bond donors (Lipinski definition) is 0. The maximum atomic E-state index is 15.2. The predicted octanol–water partition coefficient (Wildman–Crippen LogP) is 3.71. The molecule has 36 heavy (non-hydrogen) atoms. The van der Waals surface area contributed by atoms with Gasteiger partial charge in [-0.05, 0) is 0 Å². The van der Waals surface area contributed by atoms with E-state index in [0.29, 0.717) is 42.4 Å². The van der Waals surface area contributed by atoms with Crippen molar-refractivity contribution in [2.45, 2.75) is 27.8 Å². The van der Waals surface area contributed by atoms with Crippen molar-refractivity contribution < 1.29 is 9.13 Å². The van der Waals surface area contributed by atoms with Gasteiger partial charge in [0, 0.05) is 7.05 Å². The quantitative estimate of drug-likeness (QED) is 0.325.